The maximum absolute atomic E-state index is 12.5. The highest BCUT2D eigenvalue weighted by Crippen LogP contribution is 2.29. The van der Waals surface area contributed by atoms with Crippen LogP contribution in [-0.2, 0) is 11.3 Å². The molecule has 1 aliphatic heterocycles. The molecule has 4 nitrogen and oxygen atoms in total. The maximum Gasteiger partial charge on any atom is 0.411 e. The second-order valence-electron chi connectivity index (χ2n) is 6.47. The standard InChI is InChI=1S/C20H21F3N2O2/c21-20(22,23)14-27-13-15-7-9-16(10-8-15)19(26)24-17-5-1-2-6-18(17)25-11-3-4-12-25/h1-2,5-10H,3-4,11-14H2,(H,24,26). The quantitative estimate of drug-likeness (QED) is 0.798. The zero-order valence-electron chi connectivity index (χ0n) is 14.8. The SMILES string of the molecule is O=C(Nc1ccccc1N1CCCC1)c1ccc(COCC(F)(F)F)cc1. The number of ether oxygens (including phenoxy) is 1. The van der Waals surface area contributed by atoms with E-state index in [1.54, 1.807) is 24.3 Å². The highest BCUT2D eigenvalue weighted by molar-refractivity contribution is 6.06. The fourth-order valence-corrected chi connectivity index (χ4v) is 3.04. The second-order valence-corrected chi connectivity index (χ2v) is 6.47. The van der Waals surface area contributed by atoms with Crippen LogP contribution in [0.1, 0.15) is 28.8 Å². The van der Waals surface area contributed by atoms with E-state index in [1.807, 2.05) is 24.3 Å². The number of hydrogen-bond donors (Lipinski definition) is 1. The molecule has 1 aliphatic rings. The molecule has 1 amide bonds. The number of rotatable bonds is 6. The molecule has 2 aromatic carbocycles. The van der Waals surface area contributed by atoms with E-state index in [1.165, 1.54) is 0 Å². The highest BCUT2D eigenvalue weighted by atomic mass is 19.4. The number of carbonyl (C=O) groups is 1. The lowest BCUT2D eigenvalue weighted by Gasteiger charge is -2.21. The van der Waals surface area contributed by atoms with Gasteiger partial charge in [0.15, 0.2) is 0 Å². The summed E-state index contributed by atoms with van der Waals surface area (Å²) in [5.41, 5.74) is 2.77. The van der Waals surface area contributed by atoms with Gasteiger partial charge in [0.2, 0.25) is 0 Å². The third kappa shape index (κ3) is 5.47. The first-order chi connectivity index (χ1) is 12.9. The molecule has 1 fully saturated rings. The van der Waals surface area contributed by atoms with Gasteiger partial charge < -0.3 is 15.0 Å². The minimum Gasteiger partial charge on any atom is -0.370 e. The number of nitrogens with one attached hydrogen (secondary N) is 1. The number of halogens is 3. The van der Waals surface area contributed by atoms with Gasteiger partial charge in [0.25, 0.3) is 5.91 Å². The van der Waals surface area contributed by atoms with E-state index in [0.29, 0.717) is 11.1 Å². The Morgan fingerprint density at radius 3 is 2.37 bits per heavy atom. The van der Waals surface area contributed by atoms with Gasteiger partial charge in [-0.25, -0.2) is 0 Å². The Kier molecular flexibility index (Phi) is 6.01. The van der Waals surface area contributed by atoms with Gasteiger partial charge >= 0.3 is 6.18 Å². The van der Waals surface area contributed by atoms with E-state index in [0.717, 1.165) is 37.3 Å². The van der Waals surface area contributed by atoms with Crippen LogP contribution >= 0.6 is 0 Å². The summed E-state index contributed by atoms with van der Waals surface area (Å²) in [6, 6.07) is 14.0. The van der Waals surface area contributed by atoms with Crippen molar-refractivity contribution in [2.24, 2.45) is 0 Å². The van der Waals surface area contributed by atoms with E-state index in [-0.39, 0.29) is 12.5 Å². The summed E-state index contributed by atoms with van der Waals surface area (Å²) < 4.78 is 40.9. The van der Waals surface area contributed by atoms with E-state index in [4.69, 9.17) is 0 Å². The molecule has 0 aromatic heterocycles. The molecule has 1 N–H and O–H groups in total. The monoisotopic (exact) mass is 378 g/mol. The summed E-state index contributed by atoms with van der Waals surface area (Å²) in [7, 11) is 0. The number of nitrogens with zero attached hydrogens (tertiary/aromatic N) is 1. The highest BCUT2D eigenvalue weighted by Gasteiger charge is 2.27. The number of benzene rings is 2. The number of amides is 1. The lowest BCUT2D eigenvalue weighted by Crippen LogP contribution is -2.21. The first-order valence-electron chi connectivity index (χ1n) is 8.81. The van der Waals surface area contributed by atoms with Crippen molar-refractivity contribution >= 4 is 17.3 Å². The van der Waals surface area contributed by atoms with Gasteiger partial charge in [-0.05, 0) is 42.7 Å². The van der Waals surface area contributed by atoms with Crippen molar-refractivity contribution in [2.45, 2.75) is 25.6 Å². The fourth-order valence-electron chi connectivity index (χ4n) is 3.04. The summed E-state index contributed by atoms with van der Waals surface area (Å²) in [4.78, 5) is 14.8. The average molecular weight is 378 g/mol. The zero-order valence-corrected chi connectivity index (χ0v) is 14.8. The van der Waals surface area contributed by atoms with Crippen molar-refractivity contribution in [3.8, 4) is 0 Å². The molecular formula is C20H21F3N2O2. The van der Waals surface area contributed by atoms with Crippen LogP contribution in [0, 0.1) is 0 Å². The summed E-state index contributed by atoms with van der Waals surface area (Å²) in [5.74, 6) is -0.260. The largest absolute Gasteiger partial charge is 0.411 e. The molecule has 0 unspecified atom stereocenters. The first-order valence-corrected chi connectivity index (χ1v) is 8.81. The molecule has 0 radical (unpaired) electrons. The van der Waals surface area contributed by atoms with Crippen LogP contribution in [0.4, 0.5) is 24.5 Å². The van der Waals surface area contributed by atoms with Crippen LogP contribution in [0.15, 0.2) is 48.5 Å². The Bertz CT molecular complexity index is 770. The van der Waals surface area contributed by atoms with Crippen LogP contribution in [0.2, 0.25) is 0 Å². The minimum absolute atomic E-state index is 0.154. The number of alkyl halides is 3. The minimum atomic E-state index is -4.34. The molecular weight excluding hydrogens is 357 g/mol. The number of para-hydroxylation sites is 2. The number of hydrogen-bond acceptors (Lipinski definition) is 3. The van der Waals surface area contributed by atoms with Gasteiger partial charge in [0.1, 0.15) is 6.61 Å². The maximum atomic E-state index is 12.5. The first kappa shape index (κ1) is 19.2. The summed E-state index contributed by atoms with van der Waals surface area (Å²) in [6.07, 6.45) is -2.07. The van der Waals surface area contributed by atoms with Crippen molar-refractivity contribution in [2.75, 3.05) is 29.9 Å². The van der Waals surface area contributed by atoms with Crippen LogP contribution < -0.4 is 10.2 Å². The lowest BCUT2D eigenvalue weighted by atomic mass is 10.1. The molecule has 0 spiro atoms. The summed E-state index contributed by atoms with van der Waals surface area (Å²) >= 11 is 0. The number of carbonyl (C=O) groups excluding carboxylic acids is 1. The fraction of sp³-hybridized carbons (Fsp3) is 0.350. The summed E-state index contributed by atoms with van der Waals surface area (Å²) in [5, 5.41) is 2.93. The van der Waals surface area contributed by atoms with Crippen LogP contribution in [0.3, 0.4) is 0 Å². The van der Waals surface area contributed by atoms with Gasteiger partial charge in [0.05, 0.1) is 18.0 Å². The van der Waals surface area contributed by atoms with E-state index in [2.05, 4.69) is 15.0 Å². The molecule has 144 valence electrons. The molecule has 0 bridgehead atoms. The second kappa shape index (κ2) is 8.43. The van der Waals surface area contributed by atoms with E-state index in [9.17, 15) is 18.0 Å². The molecule has 1 heterocycles. The van der Waals surface area contributed by atoms with Crippen LogP contribution in [0.25, 0.3) is 0 Å². The molecule has 0 aliphatic carbocycles. The Labute approximate surface area is 155 Å². The Balaban J connectivity index is 1.62. The Hall–Kier alpha value is -2.54. The zero-order chi connectivity index (χ0) is 19.3. The van der Waals surface area contributed by atoms with Crippen molar-refractivity contribution in [3.05, 3.63) is 59.7 Å². The molecule has 7 heteroatoms. The molecule has 1 saturated heterocycles. The van der Waals surface area contributed by atoms with Crippen molar-refractivity contribution < 1.29 is 22.7 Å². The molecule has 3 rings (SSSR count). The Morgan fingerprint density at radius 2 is 1.70 bits per heavy atom. The normalized spacial score (nSPS) is 14.4. The smallest absolute Gasteiger partial charge is 0.370 e. The van der Waals surface area contributed by atoms with Gasteiger partial charge in [-0.2, -0.15) is 13.2 Å². The van der Waals surface area contributed by atoms with Gasteiger partial charge in [-0.3, -0.25) is 4.79 Å². The van der Waals surface area contributed by atoms with Crippen LogP contribution in [-0.4, -0.2) is 31.8 Å². The Morgan fingerprint density at radius 1 is 1.04 bits per heavy atom. The van der Waals surface area contributed by atoms with Crippen molar-refractivity contribution in [1.29, 1.82) is 0 Å². The predicted molar refractivity (Wildman–Crippen MR) is 98.0 cm³/mol. The van der Waals surface area contributed by atoms with E-state index >= 15 is 0 Å². The van der Waals surface area contributed by atoms with E-state index < -0.39 is 12.8 Å². The van der Waals surface area contributed by atoms with Gasteiger partial charge in [-0.1, -0.05) is 24.3 Å². The third-order valence-corrected chi connectivity index (χ3v) is 4.35. The number of anilines is 2. The average Bonchev–Trinajstić information content (AvgIpc) is 3.16. The van der Waals surface area contributed by atoms with Crippen LogP contribution in [0.5, 0.6) is 0 Å². The molecule has 0 saturated carbocycles. The molecule has 2 aromatic rings. The van der Waals surface area contributed by atoms with Gasteiger partial charge in [0, 0.05) is 18.7 Å². The van der Waals surface area contributed by atoms with Gasteiger partial charge in [-0.15, -0.1) is 0 Å². The van der Waals surface area contributed by atoms with Crippen molar-refractivity contribution in [1.82, 2.24) is 0 Å². The third-order valence-electron chi connectivity index (χ3n) is 4.35. The molecule has 27 heavy (non-hydrogen) atoms. The van der Waals surface area contributed by atoms with Crippen molar-refractivity contribution in [3.63, 3.8) is 0 Å². The lowest BCUT2D eigenvalue weighted by molar-refractivity contribution is -0.176. The summed E-state index contributed by atoms with van der Waals surface area (Å²) in [6.45, 7) is 0.501. The predicted octanol–water partition coefficient (Wildman–Crippen LogP) is 4.62. The molecule has 0 atom stereocenters. The topological polar surface area (TPSA) is 41.6 Å².